The van der Waals surface area contributed by atoms with Crippen molar-refractivity contribution in [1.82, 2.24) is 0 Å². The summed E-state index contributed by atoms with van der Waals surface area (Å²) in [5, 5.41) is 8.80. The Labute approximate surface area is 121 Å². The van der Waals surface area contributed by atoms with Gasteiger partial charge < -0.3 is 4.90 Å². The molecular formula is C15H15F3N2O. The number of hydrogen-bond acceptors (Lipinski definition) is 2. The highest BCUT2D eigenvalue weighted by Crippen LogP contribution is 2.38. The van der Waals surface area contributed by atoms with Gasteiger partial charge in [-0.25, -0.2) is 0 Å². The molecule has 0 aromatic heterocycles. The Morgan fingerprint density at radius 3 is 2.62 bits per heavy atom. The van der Waals surface area contributed by atoms with Gasteiger partial charge in [-0.05, 0) is 30.5 Å². The second-order valence-corrected chi connectivity index (χ2v) is 5.26. The third-order valence-electron chi connectivity index (χ3n) is 3.88. The Bertz CT molecular complexity index is 604. The highest BCUT2D eigenvalue weighted by atomic mass is 19.4. The van der Waals surface area contributed by atoms with Gasteiger partial charge >= 0.3 is 6.18 Å². The molecule has 2 atom stereocenters. The van der Waals surface area contributed by atoms with Crippen molar-refractivity contribution in [3.63, 3.8) is 0 Å². The maximum atomic E-state index is 13.0. The lowest BCUT2D eigenvalue weighted by Crippen LogP contribution is -2.34. The van der Waals surface area contributed by atoms with Crippen molar-refractivity contribution in [2.24, 2.45) is 5.92 Å². The molecule has 0 bridgehead atoms. The number of rotatable bonds is 2. The average Bonchev–Trinajstić information content (AvgIpc) is 2.71. The number of nitrogens with zero attached hydrogens (tertiary/aromatic N) is 2. The van der Waals surface area contributed by atoms with E-state index in [1.165, 1.54) is 11.0 Å². The van der Waals surface area contributed by atoms with E-state index in [4.69, 9.17) is 5.26 Å². The molecule has 1 saturated heterocycles. The van der Waals surface area contributed by atoms with Gasteiger partial charge in [0.1, 0.15) is 0 Å². The molecule has 0 aliphatic carbocycles. The highest BCUT2D eigenvalue weighted by Gasteiger charge is 2.39. The van der Waals surface area contributed by atoms with Crippen LogP contribution in [0.3, 0.4) is 0 Å². The minimum atomic E-state index is -4.61. The number of carbonyl (C=O) groups is 1. The van der Waals surface area contributed by atoms with E-state index in [1.54, 1.807) is 6.07 Å². The highest BCUT2D eigenvalue weighted by molar-refractivity contribution is 5.96. The van der Waals surface area contributed by atoms with Gasteiger partial charge in [0.2, 0.25) is 5.91 Å². The van der Waals surface area contributed by atoms with Crippen LogP contribution in [0.2, 0.25) is 0 Å². The van der Waals surface area contributed by atoms with E-state index in [1.807, 2.05) is 13.8 Å². The molecule has 0 radical (unpaired) electrons. The maximum absolute atomic E-state index is 13.0. The summed E-state index contributed by atoms with van der Waals surface area (Å²) in [5.74, 6) is -0.0698. The van der Waals surface area contributed by atoms with Crippen LogP contribution in [-0.4, -0.2) is 11.9 Å². The number of carbonyl (C=O) groups excluding carboxylic acids is 1. The van der Waals surface area contributed by atoms with Gasteiger partial charge in [0.05, 0.1) is 17.2 Å². The third kappa shape index (κ3) is 2.73. The lowest BCUT2D eigenvalue weighted by Gasteiger charge is -2.27. The third-order valence-corrected chi connectivity index (χ3v) is 3.88. The van der Waals surface area contributed by atoms with Crippen molar-refractivity contribution >= 4 is 11.6 Å². The van der Waals surface area contributed by atoms with Crippen LogP contribution in [0.15, 0.2) is 18.2 Å². The standard InChI is InChI=1S/C15H15F3N2O/c1-3-13-9(2)6-14(21)20(13)11-5-4-10(8-19)12(7-11)15(16,17)18/h4-5,7,9,13H,3,6H2,1-2H3/t9?,13-/m0/s1. The van der Waals surface area contributed by atoms with Crippen molar-refractivity contribution in [3.05, 3.63) is 29.3 Å². The fourth-order valence-corrected chi connectivity index (χ4v) is 2.88. The summed E-state index contributed by atoms with van der Waals surface area (Å²) in [5.41, 5.74) is -1.22. The zero-order valence-corrected chi connectivity index (χ0v) is 11.7. The summed E-state index contributed by atoms with van der Waals surface area (Å²) in [7, 11) is 0. The number of alkyl halides is 3. The monoisotopic (exact) mass is 296 g/mol. The summed E-state index contributed by atoms with van der Waals surface area (Å²) in [4.78, 5) is 13.5. The number of halogens is 3. The van der Waals surface area contributed by atoms with Gasteiger partial charge in [-0.15, -0.1) is 0 Å². The van der Waals surface area contributed by atoms with Crippen molar-refractivity contribution in [2.45, 2.75) is 38.9 Å². The van der Waals surface area contributed by atoms with Gasteiger partial charge in [0.25, 0.3) is 0 Å². The normalized spacial score (nSPS) is 22.5. The molecule has 1 heterocycles. The van der Waals surface area contributed by atoms with Gasteiger partial charge in [0.15, 0.2) is 0 Å². The lowest BCUT2D eigenvalue weighted by atomic mass is 10.00. The summed E-state index contributed by atoms with van der Waals surface area (Å²) in [6.45, 7) is 3.82. The molecule has 1 unspecified atom stereocenters. The van der Waals surface area contributed by atoms with Crippen LogP contribution in [0.5, 0.6) is 0 Å². The first-order chi connectivity index (χ1) is 9.79. The summed E-state index contributed by atoms with van der Waals surface area (Å²) in [6.07, 6.45) is -3.61. The van der Waals surface area contributed by atoms with Crippen LogP contribution in [0.1, 0.15) is 37.8 Å². The van der Waals surface area contributed by atoms with Crippen LogP contribution in [-0.2, 0) is 11.0 Å². The van der Waals surface area contributed by atoms with Gasteiger partial charge in [-0.3, -0.25) is 4.79 Å². The predicted octanol–water partition coefficient (Wildman–Crippen LogP) is 3.73. The number of benzene rings is 1. The Kier molecular flexibility index (Phi) is 3.95. The van der Waals surface area contributed by atoms with E-state index in [0.717, 1.165) is 12.1 Å². The fraction of sp³-hybridized carbons (Fsp3) is 0.467. The minimum absolute atomic E-state index is 0.104. The molecule has 1 aromatic rings. The Hall–Kier alpha value is -2.03. The van der Waals surface area contributed by atoms with E-state index in [2.05, 4.69) is 0 Å². The first-order valence-electron chi connectivity index (χ1n) is 6.73. The second kappa shape index (κ2) is 5.40. The topological polar surface area (TPSA) is 44.1 Å². The van der Waals surface area contributed by atoms with E-state index < -0.39 is 17.3 Å². The molecule has 1 aromatic carbocycles. The second-order valence-electron chi connectivity index (χ2n) is 5.26. The molecule has 0 spiro atoms. The molecule has 2 rings (SSSR count). The molecule has 0 saturated carbocycles. The van der Waals surface area contributed by atoms with Crippen LogP contribution in [0.4, 0.5) is 18.9 Å². The number of hydrogen-bond donors (Lipinski definition) is 0. The zero-order chi connectivity index (χ0) is 15.8. The van der Waals surface area contributed by atoms with E-state index in [-0.39, 0.29) is 23.6 Å². The maximum Gasteiger partial charge on any atom is 0.417 e. The van der Waals surface area contributed by atoms with Gasteiger partial charge in [0, 0.05) is 18.2 Å². The fourth-order valence-electron chi connectivity index (χ4n) is 2.88. The lowest BCUT2D eigenvalue weighted by molar-refractivity contribution is -0.137. The first-order valence-corrected chi connectivity index (χ1v) is 6.73. The number of anilines is 1. The van der Waals surface area contributed by atoms with Crippen molar-refractivity contribution in [1.29, 1.82) is 5.26 Å². The van der Waals surface area contributed by atoms with Crippen molar-refractivity contribution in [3.8, 4) is 6.07 Å². The molecule has 1 fully saturated rings. The average molecular weight is 296 g/mol. The molecule has 3 nitrogen and oxygen atoms in total. The van der Waals surface area contributed by atoms with Crippen molar-refractivity contribution < 1.29 is 18.0 Å². The molecule has 6 heteroatoms. The zero-order valence-electron chi connectivity index (χ0n) is 11.7. The largest absolute Gasteiger partial charge is 0.417 e. The van der Waals surface area contributed by atoms with E-state index in [9.17, 15) is 18.0 Å². The van der Waals surface area contributed by atoms with Crippen LogP contribution < -0.4 is 4.90 Å². The van der Waals surface area contributed by atoms with Crippen LogP contribution >= 0.6 is 0 Å². The molecule has 21 heavy (non-hydrogen) atoms. The quantitative estimate of drug-likeness (QED) is 0.834. The minimum Gasteiger partial charge on any atom is -0.309 e. The molecular weight excluding hydrogens is 281 g/mol. The number of amides is 1. The van der Waals surface area contributed by atoms with Crippen LogP contribution in [0, 0.1) is 17.2 Å². The predicted molar refractivity (Wildman–Crippen MR) is 71.5 cm³/mol. The van der Waals surface area contributed by atoms with Crippen LogP contribution in [0.25, 0.3) is 0 Å². The smallest absolute Gasteiger partial charge is 0.309 e. The Balaban J connectivity index is 2.51. The Morgan fingerprint density at radius 2 is 2.10 bits per heavy atom. The number of nitriles is 1. The molecule has 1 aliphatic heterocycles. The first kappa shape index (κ1) is 15.4. The summed E-state index contributed by atoms with van der Waals surface area (Å²) < 4.78 is 39.0. The molecule has 1 aliphatic rings. The molecule has 0 N–H and O–H groups in total. The molecule has 1 amide bonds. The van der Waals surface area contributed by atoms with Crippen molar-refractivity contribution in [2.75, 3.05) is 4.90 Å². The summed E-state index contributed by atoms with van der Waals surface area (Å²) >= 11 is 0. The molecule has 112 valence electrons. The summed E-state index contributed by atoms with van der Waals surface area (Å²) in [6, 6.07) is 4.87. The SMILES string of the molecule is CC[C@H]1C(C)CC(=O)N1c1ccc(C#N)c(C(F)(F)F)c1. The van der Waals surface area contributed by atoms with Gasteiger partial charge in [-0.1, -0.05) is 13.8 Å². The van der Waals surface area contributed by atoms with E-state index >= 15 is 0 Å². The van der Waals surface area contributed by atoms with E-state index in [0.29, 0.717) is 12.8 Å². The van der Waals surface area contributed by atoms with Gasteiger partial charge in [-0.2, -0.15) is 18.4 Å². The Morgan fingerprint density at radius 1 is 1.43 bits per heavy atom.